The Kier molecular flexibility index (Phi) is 3.56. The number of aliphatic hydroxyl groups excluding tert-OH is 1. The van der Waals surface area contributed by atoms with Gasteiger partial charge in [-0.15, -0.1) is 0 Å². The Morgan fingerprint density at radius 3 is 2.68 bits per heavy atom. The SMILES string of the molecule is O=C(CCc1ccccc1)[C@H]1C[C@H]2[C@@H](CC23OCCO3)C1O. The number of fused-ring (bicyclic) bond motifs is 2. The van der Waals surface area contributed by atoms with E-state index in [0.717, 1.165) is 12.8 Å². The molecule has 1 aromatic carbocycles. The van der Waals surface area contributed by atoms with Crippen LogP contribution >= 0.6 is 0 Å². The molecule has 3 fully saturated rings. The molecule has 1 aromatic rings. The predicted molar refractivity (Wildman–Crippen MR) is 80.1 cm³/mol. The summed E-state index contributed by atoms with van der Waals surface area (Å²) in [4.78, 5) is 12.5. The standard InChI is InChI=1S/C18H22O4/c19-16(7-6-12-4-2-1-3-5-12)13-10-15-14(17(13)20)11-18(15)21-8-9-22-18/h1-5,13-15,17,20H,6-11H2/t13-,14-,15+,17?/m1/s1. The summed E-state index contributed by atoms with van der Waals surface area (Å²) in [6.45, 7) is 1.26. The van der Waals surface area contributed by atoms with Crippen LogP contribution in [0.25, 0.3) is 0 Å². The first-order valence-corrected chi connectivity index (χ1v) is 8.22. The highest BCUT2D eigenvalue weighted by atomic mass is 16.7. The lowest BCUT2D eigenvalue weighted by molar-refractivity contribution is -0.275. The summed E-state index contributed by atoms with van der Waals surface area (Å²) in [5, 5.41) is 10.5. The van der Waals surface area contributed by atoms with Crippen molar-refractivity contribution in [3.05, 3.63) is 35.9 Å². The average molecular weight is 302 g/mol. The normalized spacial score (nSPS) is 35.3. The van der Waals surface area contributed by atoms with Gasteiger partial charge >= 0.3 is 0 Å². The Labute approximate surface area is 130 Å². The van der Waals surface area contributed by atoms with Gasteiger partial charge in [0.15, 0.2) is 5.79 Å². The number of rotatable bonds is 4. The van der Waals surface area contributed by atoms with Gasteiger partial charge in [0.25, 0.3) is 0 Å². The van der Waals surface area contributed by atoms with Crippen LogP contribution in [0.5, 0.6) is 0 Å². The molecular formula is C18H22O4. The number of aryl methyl sites for hydroxylation is 1. The molecular weight excluding hydrogens is 280 g/mol. The Morgan fingerprint density at radius 2 is 1.95 bits per heavy atom. The number of benzene rings is 1. The Bertz CT molecular complexity index is 549. The van der Waals surface area contributed by atoms with Gasteiger partial charge in [-0.3, -0.25) is 4.79 Å². The van der Waals surface area contributed by atoms with Crippen molar-refractivity contribution in [3.63, 3.8) is 0 Å². The van der Waals surface area contributed by atoms with Crippen LogP contribution in [-0.4, -0.2) is 36.0 Å². The minimum atomic E-state index is -0.522. The van der Waals surface area contributed by atoms with E-state index in [1.807, 2.05) is 30.3 Å². The molecule has 4 atom stereocenters. The first-order chi connectivity index (χ1) is 10.7. The summed E-state index contributed by atoms with van der Waals surface area (Å²) in [5.41, 5.74) is 1.17. The lowest BCUT2D eigenvalue weighted by Gasteiger charge is -2.48. The molecule has 4 rings (SSSR count). The van der Waals surface area contributed by atoms with Gasteiger partial charge in [-0.2, -0.15) is 0 Å². The van der Waals surface area contributed by atoms with Crippen molar-refractivity contribution < 1.29 is 19.4 Å². The maximum Gasteiger partial charge on any atom is 0.172 e. The van der Waals surface area contributed by atoms with E-state index < -0.39 is 11.9 Å². The molecule has 3 aliphatic rings. The molecule has 0 radical (unpaired) electrons. The van der Waals surface area contributed by atoms with Crippen molar-refractivity contribution in [2.75, 3.05) is 13.2 Å². The van der Waals surface area contributed by atoms with Gasteiger partial charge in [0.05, 0.1) is 19.3 Å². The van der Waals surface area contributed by atoms with Crippen molar-refractivity contribution in [1.29, 1.82) is 0 Å². The third-order valence-corrected chi connectivity index (χ3v) is 5.65. The maximum atomic E-state index is 12.5. The predicted octanol–water partition coefficient (Wildman–Crippen LogP) is 1.95. The van der Waals surface area contributed by atoms with Crippen LogP contribution in [0.1, 0.15) is 24.8 Å². The fourth-order valence-corrected chi connectivity index (χ4v) is 4.43. The highest BCUT2D eigenvalue weighted by molar-refractivity contribution is 5.82. The number of hydrogen-bond donors (Lipinski definition) is 1. The number of Topliss-reactive ketones (excluding diaryl/α,β-unsaturated/α-hetero) is 1. The van der Waals surface area contributed by atoms with Crippen LogP contribution in [0.2, 0.25) is 0 Å². The van der Waals surface area contributed by atoms with Crippen molar-refractivity contribution in [2.24, 2.45) is 17.8 Å². The number of ether oxygens (including phenoxy) is 2. The monoisotopic (exact) mass is 302 g/mol. The summed E-state index contributed by atoms with van der Waals surface area (Å²) in [7, 11) is 0. The third-order valence-electron chi connectivity index (χ3n) is 5.65. The molecule has 2 aliphatic carbocycles. The van der Waals surface area contributed by atoms with Crippen LogP contribution in [0.3, 0.4) is 0 Å². The van der Waals surface area contributed by atoms with E-state index in [0.29, 0.717) is 26.1 Å². The number of carbonyl (C=O) groups is 1. The van der Waals surface area contributed by atoms with E-state index in [2.05, 4.69) is 0 Å². The maximum absolute atomic E-state index is 12.5. The van der Waals surface area contributed by atoms with Crippen LogP contribution in [-0.2, 0) is 20.7 Å². The van der Waals surface area contributed by atoms with E-state index in [9.17, 15) is 9.90 Å². The molecule has 0 amide bonds. The topological polar surface area (TPSA) is 55.8 Å². The fourth-order valence-electron chi connectivity index (χ4n) is 4.43. The lowest BCUT2D eigenvalue weighted by Crippen LogP contribution is -2.54. The largest absolute Gasteiger partial charge is 0.392 e. The second-order valence-corrected chi connectivity index (χ2v) is 6.77. The Morgan fingerprint density at radius 1 is 1.23 bits per heavy atom. The quantitative estimate of drug-likeness (QED) is 0.923. The first-order valence-electron chi connectivity index (χ1n) is 8.22. The molecule has 4 nitrogen and oxygen atoms in total. The summed E-state index contributed by atoms with van der Waals surface area (Å²) in [6.07, 6.45) is 2.17. The molecule has 4 heteroatoms. The van der Waals surface area contributed by atoms with Crippen LogP contribution in [0.4, 0.5) is 0 Å². The molecule has 0 aromatic heterocycles. The lowest BCUT2D eigenvalue weighted by atomic mass is 9.69. The minimum absolute atomic E-state index is 0.170. The van der Waals surface area contributed by atoms with Gasteiger partial charge in [0, 0.05) is 24.7 Å². The molecule has 1 heterocycles. The zero-order valence-electron chi connectivity index (χ0n) is 12.6. The van der Waals surface area contributed by atoms with E-state index in [1.54, 1.807) is 0 Å². The van der Waals surface area contributed by atoms with Gasteiger partial charge in [0.2, 0.25) is 0 Å². The average Bonchev–Trinajstić information content (AvgIpc) is 3.12. The van der Waals surface area contributed by atoms with E-state index in [4.69, 9.17) is 9.47 Å². The zero-order chi connectivity index (χ0) is 15.2. The number of hydrogen-bond acceptors (Lipinski definition) is 4. The van der Waals surface area contributed by atoms with Gasteiger partial charge in [-0.1, -0.05) is 30.3 Å². The van der Waals surface area contributed by atoms with Gasteiger partial charge in [-0.25, -0.2) is 0 Å². The third kappa shape index (κ3) is 2.21. The highest BCUT2D eigenvalue weighted by Gasteiger charge is 2.65. The summed E-state index contributed by atoms with van der Waals surface area (Å²) < 4.78 is 11.5. The van der Waals surface area contributed by atoms with Crippen molar-refractivity contribution in [1.82, 2.24) is 0 Å². The van der Waals surface area contributed by atoms with Crippen molar-refractivity contribution in [2.45, 2.75) is 37.6 Å². The molecule has 22 heavy (non-hydrogen) atoms. The molecule has 2 saturated carbocycles. The van der Waals surface area contributed by atoms with Crippen molar-refractivity contribution in [3.8, 4) is 0 Å². The summed E-state index contributed by atoms with van der Waals surface area (Å²) in [5.74, 6) is -0.190. The van der Waals surface area contributed by atoms with E-state index in [-0.39, 0.29) is 23.5 Å². The summed E-state index contributed by atoms with van der Waals surface area (Å²) >= 11 is 0. The van der Waals surface area contributed by atoms with E-state index >= 15 is 0 Å². The molecule has 1 spiro atoms. The highest BCUT2D eigenvalue weighted by Crippen LogP contribution is 2.59. The van der Waals surface area contributed by atoms with Crippen LogP contribution in [0.15, 0.2) is 30.3 Å². The van der Waals surface area contributed by atoms with Crippen LogP contribution in [0, 0.1) is 17.8 Å². The van der Waals surface area contributed by atoms with Gasteiger partial charge in [-0.05, 0) is 24.3 Å². The molecule has 1 N–H and O–H groups in total. The zero-order valence-corrected chi connectivity index (χ0v) is 12.6. The van der Waals surface area contributed by atoms with Crippen molar-refractivity contribution >= 4 is 5.78 Å². The Balaban J connectivity index is 1.38. The van der Waals surface area contributed by atoms with Crippen LogP contribution < -0.4 is 0 Å². The van der Waals surface area contributed by atoms with Gasteiger partial charge in [0.1, 0.15) is 5.78 Å². The molecule has 1 unspecified atom stereocenters. The van der Waals surface area contributed by atoms with Gasteiger partial charge < -0.3 is 14.6 Å². The smallest absolute Gasteiger partial charge is 0.172 e. The second kappa shape index (κ2) is 5.44. The number of aliphatic hydroxyl groups is 1. The van der Waals surface area contributed by atoms with E-state index in [1.165, 1.54) is 5.56 Å². The molecule has 1 aliphatic heterocycles. The number of ketones is 1. The minimum Gasteiger partial charge on any atom is -0.392 e. The number of carbonyl (C=O) groups excluding carboxylic acids is 1. The fraction of sp³-hybridized carbons (Fsp3) is 0.611. The second-order valence-electron chi connectivity index (χ2n) is 6.77. The Hall–Kier alpha value is -1.23. The molecule has 0 bridgehead atoms. The first kappa shape index (κ1) is 14.4. The molecule has 1 saturated heterocycles. The summed E-state index contributed by atoms with van der Waals surface area (Å²) in [6, 6.07) is 10.0. The molecule has 118 valence electrons.